The number of benzene rings is 1. The van der Waals surface area contributed by atoms with Gasteiger partial charge in [-0.05, 0) is 50.2 Å². The Morgan fingerprint density at radius 3 is 2.62 bits per heavy atom. The van der Waals surface area contributed by atoms with E-state index in [1.165, 1.54) is 12.1 Å². The smallest absolute Gasteiger partial charge is 0.177 e. The summed E-state index contributed by atoms with van der Waals surface area (Å²) in [4.78, 5) is 17.5. The van der Waals surface area contributed by atoms with Gasteiger partial charge in [-0.15, -0.1) is 0 Å². The Kier molecular flexibility index (Phi) is 5.63. The number of hydrogen-bond acceptors (Lipinski definition) is 4. The molecular formula is C21H24FN3O. The Labute approximate surface area is 153 Å². The molecule has 1 fully saturated rings. The molecule has 2 N–H and O–H groups in total. The predicted molar refractivity (Wildman–Crippen MR) is 99.9 cm³/mol. The first-order valence-corrected chi connectivity index (χ1v) is 9.27. The molecule has 1 aliphatic heterocycles. The lowest BCUT2D eigenvalue weighted by Gasteiger charge is -2.28. The zero-order chi connectivity index (χ0) is 18.7. The molecule has 136 valence electrons. The molecule has 4 nitrogen and oxygen atoms in total. The third kappa shape index (κ3) is 4.08. The molecule has 3 rings (SSSR count). The van der Waals surface area contributed by atoms with Crippen molar-refractivity contribution in [3.05, 3.63) is 41.2 Å². The van der Waals surface area contributed by atoms with Crippen LogP contribution in [0.5, 0.6) is 0 Å². The van der Waals surface area contributed by atoms with Gasteiger partial charge in [0.25, 0.3) is 0 Å². The van der Waals surface area contributed by atoms with E-state index >= 15 is 0 Å². The normalized spacial score (nSPS) is 31.0. The van der Waals surface area contributed by atoms with Gasteiger partial charge in [0.05, 0.1) is 17.0 Å². The minimum absolute atomic E-state index is 0.00907. The molecule has 0 bridgehead atoms. The Morgan fingerprint density at radius 2 is 1.96 bits per heavy atom. The molecule has 0 radical (unpaired) electrons. The maximum absolute atomic E-state index is 14.1. The van der Waals surface area contributed by atoms with Crippen LogP contribution in [0.15, 0.2) is 29.3 Å². The molecule has 0 saturated heterocycles. The molecule has 1 heterocycles. The quantitative estimate of drug-likeness (QED) is 0.873. The largest absolute Gasteiger partial charge is 0.328 e. The van der Waals surface area contributed by atoms with Crippen molar-refractivity contribution >= 4 is 17.2 Å². The van der Waals surface area contributed by atoms with Gasteiger partial charge in [0.2, 0.25) is 0 Å². The second-order valence-electron chi connectivity index (χ2n) is 7.41. The number of halogens is 1. The summed E-state index contributed by atoms with van der Waals surface area (Å²) < 4.78 is 14.1. The fourth-order valence-electron chi connectivity index (χ4n) is 3.71. The van der Waals surface area contributed by atoms with Gasteiger partial charge >= 0.3 is 0 Å². The Hall–Kier alpha value is -2.32. The van der Waals surface area contributed by atoms with Crippen LogP contribution in [-0.4, -0.2) is 17.5 Å². The molecule has 1 atom stereocenters. The summed E-state index contributed by atoms with van der Waals surface area (Å²) in [7, 11) is 0. The topological polar surface area (TPSA) is 79.2 Å². The Bertz CT molecular complexity index is 798. The van der Waals surface area contributed by atoms with Crippen LogP contribution in [-0.2, 0) is 4.79 Å². The fourth-order valence-corrected chi connectivity index (χ4v) is 3.71. The number of nitrogens with zero attached hydrogens (tertiary/aromatic N) is 2. The zero-order valence-corrected chi connectivity index (χ0v) is 15.0. The second-order valence-corrected chi connectivity index (χ2v) is 7.41. The summed E-state index contributed by atoms with van der Waals surface area (Å²) >= 11 is 0. The molecule has 5 heteroatoms. The van der Waals surface area contributed by atoms with Gasteiger partial charge in [-0.3, -0.25) is 4.79 Å². The van der Waals surface area contributed by atoms with Crippen LogP contribution in [0.3, 0.4) is 0 Å². The fraction of sp³-hybridized carbons (Fsp3) is 0.476. The van der Waals surface area contributed by atoms with E-state index in [0.717, 1.165) is 32.1 Å². The van der Waals surface area contributed by atoms with Crippen molar-refractivity contribution < 1.29 is 9.18 Å². The minimum Gasteiger partial charge on any atom is -0.328 e. The van der Waals surface area contributed by atoms with E-state index < -0.39 is 5.82 Å². The molecule has 1 aromatic rings. The van der Waals surface area contributed by atoms with Crippen molar-refractivity contribution in [3.63, 3.8) is 0 Å². The van der Waals surface area contributed by atoms with Crippen molar-refractivity contribution in [1.82, 2.24) is 0 Å². The lowest BCUT2D eigenvalue weighted by atomic mass is 9.80. The van der Waals surface area contributed by atoms with Gasteiger partial charge in [-0.1, -0.05) is 19.1 Å². The number of carbonyl (C=O) groups is 1. The maximum Gasteiger partial charge on any atom is 0.177 e. The van der Waals surface area contributed by atoms with Crippen molar-refractivity contribution in [1.29, 1.82) is 5.26 Å². The minimum atomic E-state index is -0.563. The van der Waals surface area contributed by atoms with E-state index in [1.54, 1.807) is 6.07 Å². The van der Waals surface area contributed by atoms with Crippen molar-refractivity contribution in [2.24, 2.45) is 22.6 Å². The SMILES string of the molecule is CC1/C=C(c2ccc(C#N)c(F)c2)\N=C(\C2CCC(N)CC2)C(=O)CC1. The first-order valence-electron chi connectivity index (χ1n) is 9.27. The molecule has 1 aromatic carbocycles. The van der Waals surface area contributed by atoms with Crippen LogP contribution in [0.2, 0.25) is 0 Å². The number of Topliss-reactive ketones (excluding diaryl/α,β-unsaturated/α-hetero) is 1. The van der Waals surface area contributed by atoms with E-state index in [2.05, 4.69) is 0 Å². The average Bonchev–Trinajstić information content (AvgIpc) is 2.63. The Morgan fingerprint density at radius 1 is 1.23 bits per heavy atom. The summed E-state index contributed by atoms with van der Waals surface area (Å²) in [5.74, 6) is -0.163. The molecule has 0 aromatic heterocycles. The van der Waals surface area contributed by atoms with Crippen LogP contribution in [0.1, 0.15) is 56.6 Å². The lowest BCUT2D eigenvalue weighted by molar-refractivity contribution is -0.113. The molecule has 0 amide bonds. The predicted octanol–water partition coefficient (Wildman–Crippen LogP) is 4.00. The van der Waals surface area contributed by atoms with E-state index in [1.807, 2.05) is 19.1 Å². The summed E-state index contributed by atoms with van der Waals surface area (Å²) in [6.07, 6.45) is 6.80. The van der Waals surface area contributed by atoms with E-state index in [-0.39, 0.29) is 29.2 Å². The third-order valence-corrected chi connectivity index (χ3v) is 5.34. The molecule has 1 unspecified atom stereocenters. The van der Waals surface area contributed by atoms with Crippen molar-refractivity contribution in [3.8, 4) is 6.07 Å². The lowest BCUT2D eigenvalue weighted by Crippen LogP contribution is -2.33. The highest BCUT2D eigenvalue weighted by atomic mass is 19.1. The number of rotatable bonds is 2. The van der Waals surface area contributed by atoms with E-state index in [9.17, 15) is 9.18 Å². The maximum atomic E-state index is 14.1. The van der Waals surface area contributed by atoms with Gasteiger partial charge in [0, 0.05) is 23.9 Å². The van der Waals surface area contributed by atoms with Crippen LogP contribution >= 0.6 is 0 Å². The first kappa shape index (κ1) is 18.5. The molecule has 26 heavy (non-hydrogen) atoms. The number of nitriles is 1. The van der Waals surface area contributed by atoms with Gasteiger partial charge in [-0.25, -0.2) is 9.38 Å². The van der Waals surface area contributed by atoms with Crippen LogP contribution in [0, 0.1) is 29.0 Å². The van der Waals surface area contributed by atoms with Crippen LogP contribution < -0.4 is 5.73 Å². The number of carbonyl (C=O) groups excluding carboxylic acids is 1. The van der Waals surface area contributed by atoms with E-state index in [4.69, 9.17) is 16.0 Å². The van der Waals surface area contributed by atoms with Gasteiger partial charge in [0.1, 0.15) is 11.9 Å². The van der Waals surface area contributed by atoms with Crippen molar-refractivity contribution in [2.75, 3.05) is 0 Å². The van der Waals surface area contributed by atoms with Gasteiger partial charge < -0.3 is 5.73 Å². The van der Waals surface area contributed by atoms with Gasteiger partial charge in [0.15, 0.2) is 5.78 Å². The summed E-state index contributed by atoms with van der Waals surface area (Å²) in [5, 5.41) is 8.93. The van der Waals surface area contributed by atoms with Crippen molar-refractivity contribution in [2.45, 2.75) is 51.5 Å². The van der Waals surface area contributed by atoms with E-state index in [0.29, 0.717) is 23.4 Å². The highest BCUT2D eigenvalue weighted by molar-refractivity contribution is 6.41. The average molecular weight is 353 g/mol. The second kappa shape index (κ2) is 7.92. The molecule has 2 aliphatic rings. The Balaban J connectivity index is 2.00. The highest BCUT2D eigenvalue weighted by Gasteiger charge is 2.28. The summed E-state index contributed by atoms with van der Waals surface area (Å²) in [6.45, 7) is 2.04. The molecule has 0 spiro atoms. The standard InChI is InChI=1S/C21H24FN3O/c1-13-2-9-20(26)21(14-5-7-17(24)8-6-14)25-19(10-13)15-3-4-16(12-23)18(22)11-15/h3-4,10-11,13-14,17H,2,5-9,24H2,1H3/b19-10-,25-21-. The van der Waals surface area contributed by atoms with Crippen LogP contribution in [0.4, 0.5) is 4.39 Å². The molecule has 1 aliphatic carbocycles. The summed E-state index contributed by atoms with van der Waals surface area (Å²) in [5.41, 5.74) is 7.84. The highest BCUT2D eigenvalue weighted by Crippen LogP contribution is 2.30. The number of allylic oxidation sites excluding steroid dienone is 1. The molecular weight excluding hydrogens is 329 g/mol. The van der Waals surface area contributed by atoms with Gasteiger partial charge in [-0.2, -0.15) is 5.26 Å². The zero-order valence-electron chi connectivity index (χ0n) is 15.0. The summed E-state index contributed by atoms with van der Waals surface area (Å²) in [6, 6.07) is 6.54. The number of aliphatic imine (C=N–C) groups is 1. The number of ketones is 1. The molecule has 1 saturated carbocycles. The monoisotopic (exact) mass is 353 g/mol. The van der Waals surface area contributed by atoms with Crippen LogP contribution in [0.25, 0.3) is 5.70 Å². The first-order chi connectivity index (χ1) is 12.5. The number of hydrogen-bond donors (Lipinski definition) is 1. The third-order valence-electron chi connectivity index (χ3n) is 5.34. The number of nitrogens with two attached hydrogens (primary N) is 1.